The maximum Gasteiger partial charge on any atom is 0.186 e. The summed E-state index contributed by atoms with van der Waals surface area (Å²) in [5.74, 6) is 0. The van der Waals surface area contributed by atoms with Gasteiger partial charge in [0.15, 0.2) is 5.16 Å². The van der Waals surface area contributed by atoms with Crippen LogP contribution in [0.2, 0.25) is 0 Å². The summed E-state index contributed by atoms with van der Waals surface area (Å²) >= 11 is 1.76. The van der Waals surface area contributed by atoms with Crippen molar-refractivity contribution in [3.8, 4) is 0 Å². The molecular weight excluding hydrogens is 268 g/mol. The Balaban J connectivity index is 2.12. The van der Waals surface area contributed by atoms with E-state index in [1.807, 2.05) is 11.7 Å². The van der Waals surface area contributed by atoms with Gasteiger partial charge in [-0.2, -0.15) is 5.10 Å². The fraction of sp³-hybridized carbons (Fsp3) is 0.467. The van der Waals surface area contributed by atoms with Gasteiger partial charge in [0, 0.05) is 18.3 Å². The first-order chi connectivity index (χ1) is 9.72. The van der Waals surface area contributed by atoms with Crippen molar-refractivity contribution in [1.29, 1.82) is 0 Å². The summed E-state index contributed by atoms with van der Waals surface area (Å²) in [5.41, 5.74) is 1.32. The highest BCUT2D eigenvalue weighted by Gasteiger charge is 2.21. The molecule has 2 aromatic rings. The molecule has 0 aliphatic heterocycles. The summed E-state index contributed by atoms with van der Waals surface area (Å²) in [6, 6.07) is 10.9. The Morgan fingerprint density at radius 2 is 2.05 bits per heavy atom. The number of nitrogens with one attached hydrogen (secondary N) is 1. The van der Waals surface area contributed by atoms with Crippen LogP contribution in [-0.2, 0) is 7.05 Å². The molecule has 2 unspecified atom stereocenters. The second kappa shape index (κ2) is 7.45. The van der Waals surface area contributed by atoms with Gasteiger partial charge in [0.2, 0.25) is 0 Å². The number of rotatable bonds is 7. The maximum absolute atomic E-state index is 4.30. The molecule has 0 bridgehead atoms. The van der Waals surface area contributed by atoms with Crippen molar-refractivity contribution in [3.63, 3.8) is 0 Å². The normalized spacial score (nSPS) is 14.2. The van der Waals surface area contributed by atoms with E-state index in [1.54, 1.807) is 18.1 Å². The number of thioether (sulfide) groups is 1. The molecule has 2 rings (SSSR count). The average Bonchev–Trinajstić information content (AvgIpc) is 2.86. The predicted octanol–water partition coefficient (Wildman–Crippen LogP) is 3.04. The summed E-state index contributed by atoms with van der Waals surface area (Å²) < 4.78 is 1.82. The Kier molecular flexibility index (Phi) is 5.61. The topological polar surface area (TPSA) is 42.7 Å². The molecule has 0 aliphatic carbocycles. The van der Waals surface area contributed by atoms with E-state index in [2.05, 4.69) is 59.6 Å². The van der Waals surface area contributed by atoms with E-state index in [0.29, 0.717) is 11.3 Å². The summed E-state index contributed by atoms with van der Waals surface area (Å²) in [6.07, 6.45) is 2.73. The van der Waals surface area contributed by atoms with Crippen molar-refractivity contribution in [1.82, 2.24) is 20.1 Å². The third kappa shape index (κ3) is 3.84. The van der Waals surface area contributed by atoms with Crippen LogP contribution in [0, 0.1) is 0 Å². The van der Waals surface area contributed by atoms with Gasteiger partial charge >= 0.3 is 0 Å². The lowest BCUT2D eigenvalue weighted by atomic mass is 10.0. The van der Waals surface area contributed by atoms with Gasteiger partial charge in [0.05, 0.1) is 0 Å². The molecule has 0 aliphatic rings. The SMILES string of the molecule is CCCNC(c1ccccc1)C(C)Sc1ncnn1C. The zero-order valence-electron chi connectivity index (χ0n) is 12.3. The third-order valence-corrected chi connectivity index (χ3v) is 4.43. The van der Waals surface area contributed by atoms with E-state index < -0.39 is 0 Å². The minimum absolute atomic E-state index is 0.317. The van der Waals surface area contributed by atoms with Crippen LogP contribution in [0.25, 0.3) is 0 Å². The first-order valence-electron chi connectivity index (χ1n) is 7.01. The van der Waals surface area contributed by atoms with Gasteiger partial charge in [-0.3, -0.25) is 0 Å². The summed E-state index contributed by atoms with van der Waals surface area (Å²) in [6.45, 7) is 5.44. The van der Waals surface area contributed by atoms with Gasteiger partial charge in [-0.15, -0.1) is 0 Å². The van der Waals surface area contributed by atoms with Crippen LogP contribution in [0.4, 0.5) is 0 Å². The molecule has 1 aromatic heterocycles. The molecule has 1 N–H and O–H groups in total. The molecule has 5 heteroatoms. The average molecular weight is 290 g/mol. The summed E-state index contributed by atoms with van der Waals surface area (Å²) in [7, 11) is 1.93. The molecule has 0 saturated heterocycles. The summed E-state index contributed by atoms with van der Waals surface area (Å²) in [5, 5.41) is 9.10. The Morgan fingerprint density at radius 3 is 2.65 bits per heavy atom. The molecule has 0 radical (unpaired) electrons. The van der Waals surface area contributed by atoms with E-state index in [9.17, 15) is 0 Å². The molecule has 0 amide bonds. The van der Waals surface area contributed by atoms with Crippen LogP contribution in [0.15, 0.2) is 41.8 Å². The van der Waals surface area contributed by atoms with Gasteiger partial charge < -0.3 is 5.32 Å². The van der Waals surface area contributed by atoms with E-state index in [0.717, 1.165) is 18.1 Å². The summed E-state index contributed by atoms with van der Waals surface area (Å²) in [4.78, 5) is 4.30. The second-order valence-corrected chi connectivity index (χ2v) is 6.18. The molecule has 20 heavy (non-hydrogen) atoms. The highest BCUT2D eigenvalue weighted by Crippen LogP contribution is 2.30. The first-order valence-corrected chi connectivity index (χ1v) is 7.89. The fourth-order valence-corrected chi connectivity index (χ4v) is 3.17. The number of aromatic nitrogens is 3. The maximum atomic E-state index is 4.30. The fourth-order valence-electron chi connectivity index (χ4n) is 2.14. The molecule has 4 nitrogen and oxygen atoms in total. The number of benzene rings is 1. The molecule has 1 aromatic carbocycles. The molecular formula is C15H22N4S. The molecule has 2 atom stereocenters. The second-order valence-electron chi connectivity index (χ2n) is 4.83. The van der Waals surface area contributed by atoms with Crippen molar-refractivity contribution in [2.45, 2.75) is 36.7 Å². The smallest absolute Gasteiger partial charge is 0.186 e. The standard InChI is InChI=1S/C15H22N4S/c1-4-10-16-14(13-8-6-5-7-9-13)12(2)20-15-17-11-18-19(15)3/h5-9,11-12,14,16H,4,10H2,1-3H3. The van der Waals surface area contributed by atoms with Gasteiger partial charge in [-0.25, -0.2) is 9.67 Å². The lowest BCUT2D eigenvalue weighted by molar-refractivity contribution is 0.526. The molecule has 108 valence electrons. The van der Waals surface area contributed by atoms with E-state index in [4.69, 9.17) is 0 Å². The molecule has 0 spiro atoms. The zero-order chi connectivity index (χ0) is 14.4. The number of nitrogens with zero attached hydrogens (tertiary/aromatic N) is 3. The molecule has 0 saturated carbocycles. The Bertz CT molecular complexity index is 512. The number of hydrogen-bond donors (Lipinski definition) is 1. The quantitative estimate of drug-likeness (QED) is 0.796. The van der Waals surface area contributed by atoms with Crippen molar-refractivity contribution in [2.75, 3.05) is 6.54 Å². The van der Waals surface area contributed by atoms with E-state index >= 15 is 0 Å². The van der Waals surface area contributed by atoms with Crippen molar-refractivity contribution >= 4 is 11.8 Å². The lowest BCUT2D eigenvalue weighted by Gasteiger charge is -2.25. The Morgan fingerprint density at radius 1 is 1.30 bits per heavy atom. The minimum atomic E-state index is 0.317. The van der Waals surface area contributed by atoms with Crippen LogP contribution in [0.1, 0.15) is 31.9 Å². The van der Waals surface area contributed by atoms with Crippen LogP contribution in [0.5, 0.6) is 0 Å². The van der Waals surface area contributed by atoms with Gasteiger partial charge in [0.1, 0.15) is 6.33 Å². The van der Waals surface area contributed by atoms with Crippen LogP contribution >= 0.6 is 11.8 Å². The van der Waals surface area contributed by atoms with Crippen LogP contribution < -0.4 is 5.32 Å². The minimum Gasteiger partial charge on any atom is -0.309 e. The highest BCUT2D eigenvalue weighted by atomic mass is 32.2. The van der Waals surface area contributed by atoms with Crippen LogP contribution in [0.3, 0.4) is 0 Å². The zero-order valence-corrected chi connectivity index (χ0v) is 13.1. The lowest BCUT2D eigenvalue weighted by Crippen LogP contribution is -2.29. The van der Waals surface area contributed by atoms with Gasteiger partial charge in [-0.05, 0) is 18.5 Å². The monoisotopic (exact) mass is 290 g/mol. The van der Waals surface area contributed by atoms with Gasteiger partial charge in [-0.1, -0.05) is 55.9 Å². The van der Waals surface area contributed by atoms with Crippen LogP contribution in [-0.4, -0.2) is 26.6 Å². The third-order valence-electron chi connectivity index (χ3n) is 3.20. The Labute approximate surface area is 125 Å². The van der Waals surface area contributed by atoms with E-state index in [1.165, 1.54) is 5.56 Å². The molecule has 1 heterocycles. The number of hydrogen-bond acceptors (Lipinski definition) is 4. The first kappa shape index (κ1) is 15.1. The van der Waals surface area contributed by atoms with E-state index in [-0.39, 0.29) is 0 Å². The van der Waals surface area contributed by atoms with Crippen molar-refractivity contribution in [3.05, 3.63) is 42.2 Å². The van der Waals surface area contributed by atoms with Gasteiger partial charge in [0.25, 0.3) is 0 Å². The largest absolute Gasteiger partial charge is 0.309 e. The number of aryl methyl sites for hydroxylation is 1. The molecule has 0 fully saturated rings. The highest BCUT2D eigenvalue weighted by molar-refractivity contribution is 7.99. The Hall–Kier alpha value is -1.33. The van der Waals surface area contributed by atoms with Crippen molar-refractivity contribution < 1.29 is 0 Å². The van der Waals surface area contributed by atoms with Crippen molar-refractivity contribution in [2.24, 2.45) is 7.05 Å². The predicted molar refractivity (Wildman–Crippen MR) is 83.8 cm³/mol.